The van der Waals surface area contributed by atoms with Crippen LogP contribution in [-0.2, 0) is 36.7 Å². The fourth-order valence-corrected chi connectivity index (χ4v) is 7.78. The molecule has 9 nitrogen and oxygen atoms in total. The number of ether oxygens (including phenoxy) is 3. The molecule has 3 N–H and O–H groups in total. The molecule has 1 amide bonds. The minimum Gasteiger partial charge on any atom is -0.378 e. The Hall–Kier alpha value is -1.77. The van der Waals surface area contributed by atoms with Gasteiger partial charge in [0, 0.05) is 33.4 Å². The smallest absolute Gasteiger partial charge is 0.248 e. The van der Waals surface area contributed by atoms with Crippen molar-refractivity contribution >= 4 is 36.0 Å². The topological polar surface area (TPSA) is 118 Å². The zero-order valence-corrected chi connectivity index (χ0v) is 30.8. The highest BCUT2D eigenvalue weighted by Gasteiger charge is 2.52. The molecule has 1 aromatic carbocycles. The van der Waals surface area contributed by atoms with Crippen LogP contribution in [0.15, 0.2) is 18.2 Å². The van der Waals surface area contributed by atoms with E-state index in [1.165, 1.54) is 0 Å². The summed E-state index contributed by atoms with van der Waals surface area (Å²) < 4.78 is 65.0. The third-order valence-electron chi connectivity index (χ3n) is 9.34. The van der Waals surface area contributed by atoms with Crippen LogP contribution in [0.5, 0.6) is 0 Å². The summed E-state index contributed by atoms with van der Waals surface area (Å²) in [5, 5.41) is 0. The third-order valence-corrected chi connectivity index (χ3v) is 12.6. The van der Waals surface area contributed by atoms with Gasteiger partial charge in [0.15, 0.2) is 0 Å². The van der Waals surface area contributed by atoms with Crippen molar-refractivity contribution in [2.45, 2.75) is 140 Å². The van der Waals surface area contributed by atoms with E-state index in [9.17, 15) is 17.8 Å². The van der Waals surface area contributed by atoms with Crippen molar-refractivity contribution in [2.75, 3.05) is 13.2 Å². The first kappa shape index (κ1) is 36.5. The quantitative estimate of drug-likeness (QED) is 0.137. The number of hydrogen-bond acceptors (Lipinski definition) is 6. The summed E-state index contributed by atoms with van der Waals surface area (Å²) in [4.78, 5) is 18.0. The lowest BCUT2D eigenvalue weighted by molar-refractivity contribution is -0.147. The van der Waals surface area contributed by atoms with E-state index in [0.717, 1.165) is 42.8 Å². The molecule has 2 aromatic rings. The van der Waals surface area contributed by atoms with E-state index in [4.69, 9.17) is 24.9 Å². The first-order valence-corrected chi connectivity index (χ1v) is 22.0. The maximum Gasteiger partial charge on any atom is 0.248 e. The van der Waals surface area contributed by atoms with Crippen molar-refractivity contribution < 1.29 is 32.0 Å². The molecule has 13 heteroatoms. The molecular weight excluding hydrogens is 643 g/mol. The van der Waals surface area contributed by atoms with Crippen LogP contribution >= 0.6 is 0 Å². The third kappa shape index (κ3) is 9.69. The summed E-state index contributed by atoms with van der Waals surface area (Å²) in [5.74, 6) is -4.50. The fraction of sp³-hybridized carbons (Fsp3) is 0.765. The number of rotatable bonds is 18. The Morgan fingerprint density at radius 1 is 1.17 bits per heavy atom. The lowest BCUT2D eigenvalue weighted by Gasteiger charge is -2.41. The predicted octanol–water partition coefficient (Wildman–Crippen LogP) is 6.42. The van der Waals surface area contributed by atoms with E-state index in [-0.39, 0.29) is 44.5 Å². The second-order valence-electron chi connectivity index (χ2n) is 16.1. The second kappa shape index (κ2) is 14.2. The van der Waals surface area contributed by atoms with Gasteiger partial charge < -0.3 is 24.5 Å². The Labute approximate surface area is 281 Å². The average Bonchev–Trinajstić information content (AvgIpc) is 3.88. The van der Waals surface area contributed by atoms with E-state index in [0.29, 0.717) is 17.9 Å². The van der Waals surface area contributed by atoms with Gasteiger partial charge in [0.05, 0.1) is 57.6 Å². The van der Waals surface area contributed by atoms with Crippen LogP contribution in [0.4, 0.5) is 8.78 Å². The van der Waals surface area contributed by atoms with Gasteiger partial charge in [0.2, 0.25) is 11.8 Å². The molecule has 1 unspecified atom stereocenters. The van der Waals surface area contributed by atoms with Crippen LogP contribution < -0.4 is 10.5 Å². The van der Waals surface area contributed by atoms with Crippen LogP contribution in [0, 0.1) is 11.8 Å². The van der Waals surface area contributed by atoms with Gasteiger partial charge in [-0.25, -0.2) is 22.7 Å². The molecule has 1 aromatic heterocycles. The molecule has 3 saturated carbocycles. The molecule has 0 bridgehead atoms. The van der Waals surface area contributed by atoms with Gasteiger partial charge in [-0.2, -0.15) is 0 Å². The van der Waals surface area contributed by atoms with Crippen molar-refractivity contribution in [1.29, 1.82) is 0 Å². The number of aromatic nitrogens is 2. The number of benzene rings is 1. The summed E-state index contributed by atoms with van der Waals surface area (Å²) in [6.07, 6.45) is 3.16. The summed E-state index contributed by atoms with van der Waals surface area (Å²) in [5.41, 5.74) is 8.17. The number of nitrogens with two attached hydrogens (primary N) is 1. The molecule has 47 heavy (non-hydrogen) atoms. The van der Waals surface area contributed by atoms with E-state index < -0.39 is 59.4 Å². The summed E-state index contributed by atoms with van der Waals surface area (Å²) >= 11 is 0. The van der Waals surface area contributed by atoms with Gasteiger partial charge in [-0.15, -0.1) is 0 Å². The molecular formula is C34H54F2N4O5SSi. The zero-order chi connectivity index (χ0) is 34.3. The minimum absolute atomic E-state index is 0.125. The summed E-state index contributed by atoms with van der Waals surface area (Å²) in [6, 6.07) is 6.31. The SMILES string of the molecule is C[C@@H](OC1CC1)[C@H](N[S@](=O)C(C)(C)C)c1nc2cc([C@@H](COC3CC3)C(C(N)=O)C3CC(F)(F)C3)ccc2n1COCC[Si](C)(C)C. The van der Waals surface area contributed by atoms with Gasteiger partial charge in [-0.3, -0.25) is 4.79 Å². The molecule has 0 aliphatic heterocycles. The molecule has 3 fully saturated rings. The zero-order valence-electron chi connectivity index (χ0n) is 29.0. The number of primary amides is 1. The van der Waals surface area contributed by atoms with Gasteiger partial charge in [-0.1, -0.05) is 25.7 Å². The van der Waals surface area contributed by atoms with Crippen LogP contribution in [0.1, 0.15) is 89.6 Å². The van der Waals surface area contributed by atoms with Crippen LogP contribution in [-0.4, -0.2) is 69.9 Å². The monoisotopic (exact) mass is 696 g/mol. The highest BCUT2D eigenvalue weighted by Crippen LogP contribution is 2.50. The second-order valence-corrected chi connectivity index (χ2v) is 23.7. The molecule has 1 heterocycles. The van der Waals surface area contributed by atoms with Crippen LogP contribution in [0.25, 0.3) is 11.0 Å². The lowest BCUT2D eigenvalue weighted by atomic mass is 9.67. The molecule has 3 aliphatic rings. The number of nitrogens with one attached hydrogen (secondary N) is 1. The number of carbonyl (C=O) groups is 1. The van der Waals surface area contributed by atoms with Crippen LogP contribution in [0.2, 0.25) is 25.7 Å². The van der Waals surface area contributed by atoms with Crippen molar-refractivity contribution in [3.05, 3.63) is 29.6 Å². The molecule has 0 spiro atoms. The number of imidazole rings is 1. The van der Waals surface area contributed by atoms with E-state index in [2.05, 4.69) is 24.4 Å². The number of amides is 1. The Morgan fingerprint density at radius 2 is 1.83 bits per heavy atom. The van der Waals surface area contributed by atoms with Gasteiger partial charge in [-0.05, 0) is 83.0 Å². The molecule has 0 radical (unpaired) electrons. The number of hydrogen-bond donors (Lipinski definition) is 2. The predicted molar refractivity (Wildman–Crippen MR) is 183 cm³/mol. The number of alkyl halides is 2. The van der Waals surface area contributed by atoms with E-state index in [1.54, 1.807) is 0 Å². The number of fused-ring (bicyclic) bond motifs is 1. The number of carbonyl (C=O) groups excluding carboxylic acids is 1. The highest BCUT2D eigenvalue weighted by molar-refractivity contribution is 7.84. The minimum atomic E-state index is -2.78. The fourth-order valence-electron chi connectivity index (χ4n) is 6.14. The highest BCUT2D eigenvalue weighted by atomic mass is 32.2. The average molecular weight is 697 g/mol. The summed E-state index contributed by atoms with van der Waals surface area (Å²) in [6.45, 7) is 15.8. The van der Waals surface area contributed by atoms with Gasteiger partial charge in [0.1, 0.15) is 18.6 Å². The molecule has 3 aliphatic carbocycles. The first-order valence-electron chi connectivity index (χ1n) is 17.1. The van der Waals surface area contributed by atoms with Crippen molar-refractivity contribution in [1.82, 2.24) is 14.3 Å². The Bertz CT molecular complexity index is 1430. The van der Waals surface area contributed by atoms with Crippen LogP contribution in [0.3, 0.4) is 0 Å². The Balaban J connectivity index is 1.54. The van der Waals surface area contributed by atoms with Gasteiger partial charge in [0.25, 0.3) is 0 Å². The number of nitrogens with zero attached hydrogens (tertiary/aromatic N) is 2. The van der Waals surface area contributed by atoms with E-state index >= 15 is 0 Å². The maximum absolute atomic E-state index is 14.0. The Kier molecular flexibility index (Phi) is 11.0. The van der Waals surface area contributed by atoms with Gasteiger partial charge >= 0.3 is 0 Å². The molecule has 5 atom stereocenters. The molecule has 0 saturated heterocycles. The molecule has 5 rings (SSSR count). The standard InChI is InChI=1S/C34H54F2N4O5SSi/c1-21(45-25-11-12-25)30(39-46(42)33(2,3)4)32-38-27-16-22(8-13-28(27)40(32)20-43-14-15-47(5,6)7)26(19-44-24-9-10-24)29(31(37)41)23-17-34(35,36)18-23/h8,13,16,21,23-26,29-30,39H,9-12,14-15,17-20H2,1-7H3,(H2,37,41)/t21-,26-,29?,30+,46-/m1/s1. The number of halogens is 2. The Morgan fingerprint density at radius 3 is 2.38 bits per heavy atom. The largest absolute Gasteiger partial charge is 0.378 e. The summed E-state index contributed by atoms with van der Waals surface area (Å²) in [7, 11) is -2.74. The normalized spacial score (nSPS) is 22.1. The van der Waals surface area contributed by atoms with Crippen molar-refractivity contribution in [3.8, 4) is 0 Å². The first-order chi connectivity index (χ1) is 21.9. The van der Waals surface area contributed by atoms with E-state index in [1.807, 2.05) is 50.5 Å². The lowest BCUT2D eigenvalue weighted by Crippen LogP contribution is -2.47. The maximum atomic E-state index is 14.0. The van der Waals surface area contributed by atoms with Crippen molar-refractivity contribution in [3.63, 3.8) is 0 Å². The van der Waals surface area contributed by atoms with Crippen molar-refractivity contribution in [2.24, 2.45) is 17.6 Å². The molecule has 264 valence electrons.